The van der Waals surface area contributed by atoms with Crippen molar-refractivity contribution < 1.29 is 9.90 Å². The fourth-order valence-corrected chi connectivity index (χ4v) is 8.89. The third-order valence-electron chi connectivity index (χ3n) is 12.5. The van der Waals surface area contributed by atoms with Gasteiger partial charge >= 0.3 is 5.97 Å². The Morgan fingerprint density at radius 1 is 0.438 bits per heavy atom. The molecular formula is C58H56N4O2. The fraction of sp³-hybridized carbons (Fsp3) is 0.224. The molecule has 320 valence electrons. The summed E-state index contributed by atoms with van der Waals surface area (Å²) in [6, 6.07) is 42.8. The zero-order chi connectivity index (χ0) is 45.1. The summed E-state index contributed by atoms with van der Waals surface area (Å²) >= 11 is 0. The van der Waals surface area contributed by atoms with Crippen LogP contribution in [0.4, 0.5) is 0 Å². The molecule has 0 atom stereocenters. The molecule has 3 N–H and O–H groups in total. The van der Waals surface area contributed by atoms with E-state index in [1.165, 1.54) is 16.7 Å². The number of carbonyl (C=O) groups is 1. The molecule has 6 heteroatoms. The molecule has 0 fully saturated rings. The van der Waals surface area contributed by atoms with E-state index < -0.39 is 5.97 Å². The Bertz CT molecular complexity index is 3120. The van der Waals surface area contributed by atoms with Gasteiger partial charge in [0.25, 0.3) is 0 Å². The van der Waals surface area contributed by atoms with Gasteiger partial charge in [0.15, 0.2) is 0 Å². The smallest absolute Gasteiger partial charge is 0.307 e. The highest BCUT2D eigenvalue weighted by Gasteiger charge is 2.22. The lowest BCUT2D eigenvalue weighted by atomic mass is 9.86. The predicted molar refractivity (Wildman–Crippen MR) is 268 cm³/mol. The third-order valence-corrected chi connectivity index (χ3v) is 12.5. The summed E-state index contributed by atoms with van der Waals surface area (Å²) in [7, 11) is 0. The molecule has 6 nitrogen and oxygen atoms in total. The van der Waals surface area contributed by atoms with Crippen molar-refractivity contribution in [3.8, 4) is 44.5 Å². The SMILES string of the molecule is CC(C)(C)c1ccc(-c2c3nc(c(-c4ccc(C(C)(C)C)cc4)c4ccc([nH]4)c(-c4ccccc4CC(=O)O)c4nc(c(-c5ccc(C(C)(C)C)cc5)c5ccc2[nH]5)C=C4)C=C3)cc1. The van der Waals surface area contributed by atoms with Crippen LogP contribution < -0.4 is 0 Å². The standard InChI is InChI=1S/C58H56N4O2/c1-56(2,3)39-20-14-35(15-21-39)52-43-26-28-45(59-43)53(36-16-22-40(23-17-36)57(4,5)6)47-30-32-49(61-47)55(42-13-11-10-12-38(42)34-51(63)64)50-33-31-48(62-50)54(46-29-27-44(52)60-46)37-18-24-41(25-19-37)58(7,8)9/h10-33,59,62H,34H2,1-9H3,(H,63,64). The summed E-state index contributed by atoms with van der Waals surface area (Å²) < 4.78 is 0. The van der Waals surface area contributed by atoms with Crippen molar-refractivity contribution in [1.82, 2.24) is 19.9 Å². The van der Waals surface area contributed by atoms with Crippen molar-refractivity contribution in [2.75, 3.05) is 0 Å². The summed E-state index contributed by atoms with van der Waals surface area (Å²) in [4.78, 5) is 31.0. The van der Waals surface area contributed by atoms with Crippen LogP contribution in [0.5, 0.6) is 0 Å². The Kier molecular flexibility index (Phi) is 10.5. The zero-order valence-corrected chi connectivity index (χ0v) is 38.3. The van der Waals surface area contributed by atoms with Crippen LogP contribution >= 0.6 is 0 Å². The molecule has 0 saturated carbocycles. The number of rotatable bonds is 6. The summed E-state index contributed by atoms with van der Waals surface area (Å²) in [5.74, 6) is -0.893. The van der Waals surface area contributed by atoms with Gasteiger partial charge in [-0.3, -0.25) is 4.79 Å². The molecule has 2 aliphatic rings. The molecule has 0 amide bonds. The van der Waals surface area contributed by atoms with Crippen LogP contribution in [0.2, 0.25) is 0 Å². The van der Waals surface area contributed by atoms with Crippen LogP contribution in [0, 0.1) is 0 Å². The lowest BCUT2D eigenvalue weighted by Gasteiger charge is -2.19. The number of benzene rings is 4. The molecule has 7 aromatic rings. The second kappa shape index (κ2) is 15.9. The molecule has 64 heavy (non-hydrogen) atoms. The minimum atomic E-state index is -0.893. The van der Waals surface area contributed by atoms with Gasteiger partial charge in [0, 0.05) is 44.3 Å². The van der Waals surface area contributed by atoms with E-state index in [1.807, 2.05) is 24.3 Å². The van der Waals surface area contributed by atoms with Crippen molar-refractivity contribution in [3.63, 3.8) is 0 Å². The second-order valence-corrected chi connectivity index (χ2v) is 20.2. The van der Waals surface area contributed by atoms with Gasteiger partial charge in [0.1, 0.15) is 0 Å². The predicted octanol–water partition coefficient (Wildman–Crippen LogP) is 14.8. The van der Waals surface area contributed by atoms with Crippen LogP contribution in [0.1, 0.15) is 107 Å². The first kappa shape index (κ1) is 42.3. The number of carboxylic acids is 1. The molecule has 2 aliphatic heterocycles. The minimum absolute atomic E-state index is 0.00369. The maximum absolute atomic E-state index is 12.3. The molecule has 5 heterocycles. The topological polar surface area (TPSA) is 94.7 Å². The van der Waals surface area contributed by atoms with E-state index in [0.29, 0.717) is 5.56 Å². The molecule has 0 spiro atoms. The molecule has 4 aromatic carbocycles. The lowest BCUT2D eigenvalue weighted by molar-refractivity contribution is -0.136. The normalized spacial score (nSPS) is 12.8. The van der Waals surface area contributed by atoms with Gasteiger partial charge in [-0.25, -0.2) is 9.97 Å². The Morgan fingerprint density at radius 2 is 0.750 bits per heavy atom. The molecule has 0 saturated heterocycles. The van der Waals surface area contributed by atoms with Gasteiger partial charge in [-0.05, 0) is 109 Å². The van der Waals surface area contributed by atoms with E-state index in [0.717, 1.165) is 89.4 Å². The van der Waals surface area contributed by atoms with Gasteiger partial charge in [-0.1, -0.05) is 159 Å². The highest BCUT2D eigenvalue weighted by molar-refractivity contribution is 6.00. The van der Waals surface area contributed by atoms with Crippen LogP contribution in [-0.4, -0.2) is 31.0 Å². The largest absolute Gasteiger partial charge is 0.481 e. The fourth-order valence-electron chi connectivity index (χ4n) is 8.89. The third kappa shape index (κ3) is 8.17. The Labute approximate surface area is 376 Å². The van der Waals surface area contributed by atoms with Gasteiger partial charge in [0.05, 0.1) is 29.2 Å². The van der Waals surface area contributed by atoms with Crippen LogP contribution in [0.3, 0.4) is 0 Å². The molecule has 0 aliphatic carbocycles. The molecule has 8 bridgehead atoms. The first-order chi connectivity index (χ1) is 30.4. The molecule has 0 radical (unpaired) electrons. The quantitative estimate of drug-likeness (QED) is 0.155. The van der Waals surface area contributed by atoms with Gasteiger partial charge < -0.3 is 15.1 Å². The highest BCUT2D eigenvalue weighted by atomic mass is 16.4. The Balaban J connectivity index is 1.44. The van der Waals surface area contributed by atoms with Crippen molar-refractivity contribution in [1.29, 1.82) is 0 Å². The lowest BCUT2D eigenvalue weighted by Crippen LogP contribution is -2.10. The van der Waals surface area contributed by atoms with E-state index in [-0.39, 0.29) is 22.7 Å². The number of aromatic nitrogens is 4. The Morgan fingerprint density at radius 3 is 1.08 bits per heavy atom. The van der Waals surface area contributed by atoms with E-state index in [4.69, 9.17) is 9.97 Å². The number of H-pyrrole nitrogens is 2. The summed E-state index contributed by atoms with van der Waals surface area (Å²) in [5, 5.41) is 10.1. The number of nitrogens with zero attached hydrogens (tertiary/aromatic N) is 2. The number of hydrogen-bond acceptors (Lipinski definition) is 3. The number of carboxylic acid groups (broad SMARTS) is 1. The van der Waals surface area contributed by atoms with Crippen molar-refractivity contribution in [2.24, 2.45) is 0 Å². The Hall–Kier alpha value is -7.05. The first-order valence-corrected chi connectivity index (χ1v) is 22.2. The van der Waals surface area contributed by atoms with E-state index in [9.17, 15) is 9.90 Å². The van der Waals surface area contributed by atoms with E-state index >= 15 is 0 Å². The first-order valence-electron chi connectivity index (χ1n) is 22.2. The van der Waals surface area contributed by atoms with Crippen LogP contribution in [-0.2, 0) is 27.5 Å². The van der Waals surface area contributed by atoms with Gasteiger partial charge in [0.2, 0.25) is 0 Å². The van der Waals surface area contributed by atoms with Crippen molar-refractivity contribution >= 4 is 52.3 Å². The summed E-state index contributed by atoms with van der Waals surface area (Å²) in [5.41, 5.74) is 18.9. The number of hydrogen-bond donors (Lipinski definition) is 3. The average Bonchev–Trinajstić information content (AvgIpc) is 4.09. The second-order valence-electron chi connectivity index (χ2n) is 20.2. The van der Waals surface area contributed by atoms with E-state index in [1.54, 1.807) is 0 Å². The number of fused-ring (bicyclic) bond motifs is 8. The average molecular weight is 841 g/mol. The summed E-state index contributed by atoms with van der Waals surface area (Å²) in [6.45, 7) is 20.1. The van der Waals surface area contributed by atoms with Crippen LogP contribution in [0.25, 0.3) is 90.9 Å². The zero-order valence-electron chi connectivity index (χ0n) is 38.3. The minimum Gasteiger partial charge on any atom is -0.481 e. The molecule has 3 aromatic heterocycles. The maximum atomic E-state index is 12.3. The van der Waals surface area contributed by atoms with Crippen molar-refractivity contribution in [2.45, 2.75) is 85.0 Å². The number of aromatic amines is 2. The van der Waals surface area contributed by atoms with E-state index in [2.05, 4.69) is 194 Å². The maximum Gasteiger partial charge on any atom is 0.307 e. The van der Waals surface area contributed by atoms with Crippen molar-refractivity contribution in [3.05, 3.63) is 166 Å². The molecule has 9 rings (SSSR count). The molecular weight excluding hydrogens is 785 g/mol. The number of aliphatic carboxylic acids is 1. The summed E-state index contributed by atoms with van der Waals surface area (Å²) in [6.07, 6.45) is 8.27. The molecule has 0 unspecified atom stereocenters. The highest BCUT2D eigenvalue weighted by Crippen LogP contribution is 2.40. The van der Waals surface area contributed by atoms with Gasteiger partial charge in [-0.15, -0.1) is 0 Å². The van der Waals surface area contributed by atoms with Crippen LogP contribution in [0.15, 0.2) is 121 Å². The monoisotopic (exact) mass is 840 g/mol. The number of nitrogens with one attached hydrogen (secondary N) is 2. The van der Waals surface area contributed by atoms with Gasteiger partial charge in [-0.2, -0.15) is 0 Å².